The van der Waals surface area contributed by atoms with Crippen molar-refractivity contribution < 1.29 is 18.3 Å². The van der Waals surface area contributed by atoms with Crippen LogP contribution >= 0.6 is 27.5 Å². The third-order valence-electron chi connectivity index (χ3n) is 1.39. The van der Waals surface area contributed by atoms with E-state index in [1.54, 1.807) is 0 Å². The first-order chi connectivity index (χ1) is 6.57. The molecule has 0 bridgehead atoms. The Labute approximate surface area is 92.9 Å². The maximum Gasteiger partial charge on any atom is 0.188 e. The summed E-state index contributed by atoms with van der Waals surface area (Å²) in [5.74, 6) is -1.87. The van der Waals surface area contributed by atoms with Gasteiger partial charge in [0.15, 0.2) is 24.2 Å². The van der Waals surface area contributed by atoms with Gasteiger partial charge in [-0.15, -0.1) is 0 Å². The van der Waals surface area contributed by atoms with Crippen LogP contribution in [0.5, 0.6) is 5.75 Å². The van der Waals surface area contributed by atoms with Crippen molar-refractivity contribution in [2.24, 2.45) is 0 Å². The molecule has 14 heavy (non-hydrogen) atoms. The summed E-state index contributed by atoms with van der Waals surface area (Å²) in [4.78, 5) is 0. The van der Waals surface area contributed by atoms with E-state index in [1.165, 1.54) is 7.11 Å². The number of benzene rings is 1. The zero-order valence-corrected chi connectivity index (χ0v) is 9.45. The average Bonchev–Trinajstić information content (AvgIpc) is 2.14. The predicted octanol–water partition coefficient (Wildman–Crippen LogP) is 3.36. The normalized spacial score (nSPS) is 10.4. The van der Waals surface area contributed by atoms with Crippen LogP contribution in [-0.2, 0) is 4.74 Å². The number of rotatable bonds is 3. The monoisotopic (exact) mass is 286 g/mol. The Balaban J connectivity index is 3.09. The third-order valence-corrected chi connectivity index (χ3v) is 2.31. The Morgan fingerprint density at radius 3 is 2.71 bits per heavy atom. The molecule has 0 aliphatic carbocycles. The molecule has 1 rings (SSSR count). The molecular weight excluding hydrogens is 281 g/mol. The molecule has 0 aliphatic rings. The molecule has 0 aliphatic heterocycles. The minimum Gasteiger partial charge on any atom is -0.463 e. The summed E-state index contributed by atoms with van der Waals surface area (Å²) in [7, 11) is 1.36. The second-order valence-corrected chi connectivity index (χ2v) is 3.58. The summed E-state index contributed by atoms with van der Waals surface area (Å²) >= 11 is 8.33. The lowest BCUT2D eigenvalue weighted by Gasteiger charge is -2.09. The second kappa shape index (κ2) is 4.91. The average molecular weight is 287 g/mol. The first-order valence-electron chi connectivity index (χ1n) is 3.52. The molecule has 0 saturated heterocycles. The molecule has 6 heteroatoms. The highest BCUT2D eigenvalue weighted by Gasteiger charge is 2.17. The number of halogens is 4. The summed E-state index contributed by atoms with van der Waals surface area (Å²) in [6.07, 6.45) is 0. The van der Waals surface area contributed by atoms with Crippen LogP contribution in [0, 0.1) is 11.6 Å². The Kier molecular flexibility index (Phi) is 4.10. The molecule has 0 atom stereocenters. The highest BCUT2D eigenvalue weighted by atomic mass is 79.9. The number of hydrogen-bond donors (Lipinski definition) is 0. The van der Waals surface area contributed by atoms with Crippen molar-refractivity contribution in [2.45, 2.75) is 0 Å². The van der Waals surface area contributed by atoms with Gasteiger partial charge in [-0.1, -0.05) is 11.6 Å². The van der Waals surface area contributed by atoms with Gasteiger partial charge < -0.3 is 9.47 Å². The van der Waals surface area contributed by atoms with Crippen LogP contribution in [0.25, 0.3) is 0 Å². The fourth-order valence-electron chi connectivity index (χ4n) is 0.800. The summed E-state index contributed by atoms with van der Waals surface area (Å²) in [5.41, 5.74) is 0. The summed E-state index contributed by atoms with van der Waals surface area (Å²) < 4.78 is 35.5. The van der Waals surface area contributed by atoms with Gasteiger partial charge in [0.25, 0.3) is 0 Å². The lowest BCUT2D eigenvalue weighted by Crippen LogP contribution is -2.02. The van der Waals surface area contributed by atoms with Gasteiger partial charge in [0, 0.05) is 7.11 Å². The largest absolute Gasteiger partial charge is 0.463 e. The zero-order chi connectivity index (χ0) is 10.7. The van der Waals surface area contributed by atoms with Crippen LogP contribution in [0.4, 0.5) is 8.78 Å². The summed E-state index contributed by atoms with van der Waals surface area (Å²) in [6, 6.07) is 0.937. The molecule has 1 aromatic carbocycles. The van der Waals surface area contributed by atoms with Crippen LogP contribution in [-0.4, -0.2) is 13.9 Å². The van der Waals surface area contributed by atoms with E-state index in [1.807, 2.05) is 0 Å². The third kappa shape index (κ3) is 2.34. The first-order valence-corrected chi connectivity index (χ1v) is 4.69. The van der Waals surface area contributed by atoms with Gasteiger partial charge in [-0.2, -0.15) is 0 Å². The van der Waals surface area contributed by atoms with Crippen molar-refractivity contribution in [1.29, 1.82) is 0 Å². The van der Waals surface area contributed by atoms with Crippen molar-refractivity contribution in [3.8, 4) is 5.75 Å². The van der Waals surface area contributed by atoms with Crippen molar-refractivity contribution in [1.82, 2.24) is 0 Å². The number of methoxy groups -OCH3 is 1. The van der Waals surface area contributed by atoms with E-state index in [0.717, 1.165) is 6.07 Å². The van der Waals surface area contributed by atoms with Crippen LogP contribution in [0.3, 0.4) is 0 Å². The SMILES string of the molecule is COCOc1c(F)cc(Br)c(F)c1Cl. The summed E-state index contributed by atoms with van der Waals surface area (Å²) in [5, 5.41) is -0.408. The Hall–Kier alpha value is -0.390. The van der Waals surface area contributed by atoms with Crippen LogP contribution in [0.2, 0.25) is 5.02 Å². The highest BCUT2D eigenvalue weighted by Crippen LogP contribution is 2.34. The fraction of sp³-hybridized carbons (Fsp3) is 0.250. The molecule has 1 aromatic rings. The standard InChI is InChI=1S/C8H6BrClF2O2/c1-13-3-14-8-5(11)2-4(9)7(12)6(8)10/h2H,3H2,1H3. The lowest BCUT2D eigenvalue weighted by atomic mass is 10.3. The van der Waals surface area contributed by atoms with E-state index in [-0.39, 0.29) is 17.0 Å². The minimum atomic E-state index is -0.765. The molecule has 0 radical (unpaired) electrons. The van der Waals surface area contributed by atoms with E-state index in [9.17, 15) is 8.78 Å². The molecule has 0 unspecified atom stereocenters. The maximum absolute atomic E-state index is 13.2. The lowest BCUT2D eigenvalue weighted by molar-refractivity contribution is 0.0481. The number of hydrogen-bond acceptors (Lipinski definition) is 2. The van der Waals surface area contributed by atoms with E-state index in [0.29, 0.717) is 0 Å². The van der Waals surface area contributed by atoms with E-state index < -0.39 is 16.7 Å². The Morgan fingerprint density at radius 2 is 2.14 bits per heavy atom. The Morgan fingerprint density at radius 1 is 1.50 bits per heavy atom. The predicted molar refractivity (Wildman–Crippen MR) is 51.6 cm³/mol. The minimum absolute atomic E-state index is 0.0511. The van der Waals surface area contributed by atoms with Gasteiger partial charge in [0.2, 0.25) is 0 Å². The van der Waals surface area contributed by atoms with Crippen molar-refractivity contribution in [3.05, 3.63) is 27.2 Å². The van der Waals surface area contributed by atoms with E-state index in [2.05, 4.69) is 20.7 Å². The van der Waals surface area contributed by atoms with E-state index in [4.69, 9.17) is 16.3 Å². The molecule has 0 fully saturated rings. The Bertz CT molecular complexity index is 347. The molecule has 0 N–H and O–H groups in total. The molecule has 0 heterocycles. The van der Waals surface area contributed by atoms with Crippen molar-refractivity contribution in [2.75, 3.05) is 13.9 Å². The highest BCUT2D eigenvalue weighted by molar-refractivity contribution is 9.10. The van der Waals surface area contributed by atoms with Gasteiger partial charge in [-0.05, 0) is 22.0 Å². The molecule has 0 aromatic heterocycles. The van der Waals surface area contributed by atoms with Gasteiger partial charge in [0.1, 0.15) is 5.02 Å². The van der Waals surface area contributed by atoms with Crippen LogP contribution < -0.4 is 4.74 Å². The molecule has 0 amide bonds. The van der Waals surface area contributed by atoms with E-state index >= 15 is 0 Å². The quantitative estimate of drug-likeness (QED) is 0.482. The second-order valence-electron chi connectivity index (χ2n) is 2.35. The smallest absolute Gasteiger partial charge is 0.188 e. The molecular formula is C8H6BrClF2O2. The summed E-state index contributed by atoms with van der Waals surface area (Å²) in [6.45, 7) is -0.197. The first kappa shape index (κ1) is 11.7. The maximum atomic E-state index is 13.2. The topological polar surface area (TPSA) is 18.5 Å². The number of ether oxygens (including phenoxy) is 2. The van der Waals surface area contributed by atoms with Gasteiger partial charge in [-0.25, -0.2) is 8.78 Å². The van der Waals surface area contributed by atoms with Gasteiger partial charge in [-0.3, -0.25) is 0 Å². The van der Waals surface area contributed by atoms with Gasteiger partial charge in [0.05, 0.1) is 4.47 Å². The molecule has 0 spiro atoms. The molecule has 0 saturated carbocycles. The zero-order valence-electron chi connectivity index (χ0n) is 7.11. The van der Waals surface area contributed by atoms with Gasteiger partial charge >= 0.3 is 0 Å². The van der Waals surface area contributed by atoms with Crippen LogP contribution in [0.15, 0.2) is 10.5 Å². The van der Waals surface area contributed by atoms with Crippen LogP contribution in [0.1, 0.15) is 0 Å². The van der Waals surface area contributed by atoms with Crippen molar-refractivity contribution >= 4 is 27.5 Å². The fourth-order valence-corrected chi connectivity index (χ4v) is 1.56. The molecule has 78 valence electrons. The van der Waals surface area contributed by atoms with Crippen molar-refractivity contribution in [3.63, 3.8) is 0 Å². The molecule has 2 nitrogen and oxygen atoms in total.